The van der Waals surface area contributed by atoms with Gasteiger partial charge in [-0.25, -0.2) is 0 Å². The van der Waals surface area contributed by atoms with Crippen LogP contribution in [-0.4, -0.2) is 6.54 Å². The Kier molecular flexibility index (Phi) is 3.70. The van der Waals surface area contributed by atoms with Gasteiger partial charge in [-0.15, -0.1) is 11.3 Å². The van der Waals surface area contributed by atoms with Crippen molar-refractivity contribution < 1.29 is 0 Å². The number of halogens is 1. The molecule has 0 aromatic carbocycles. The lowest BCUT2D eigenvalue weighted by Gasteiger charge is -2.14. The van der Waals surface area contributed by atoms with Crippen molar-refractivity contribution in [3.05, 3.63) is 21.3 Å². The van der Waals surface area contributed by atoms with Crippen LogP contribution >= 0.6 is 22.9 Å². The molecule has 1 aliphatic carbocycles. The first-order valence-corrected chi connectivity index (χ1v) is 6.93. The normalized spacial score (nSPS) is 18.0. The summed E-state index contributed by atoms with van der Waals surface area (Å²) in [6, 6.07) is 2.05. The van der Waals surface area contributed by atoms with Crippen LogP contribution in [0.15, 0.2) is 11.4 Å². The van der Waals surface area contributed by atoms with Gasteiger partial charge in [-0.1, -0.05) is 24.9 Å². The summed E-state index contributed by atoms with van der Waals surface area (Å²) >= 11 is 7.61. The Morgan fingerprint density at radius 2 is 2.33 bits per heavy atom. The summed E-state index contributed by atoms with van der Waals surface area (Å²) in [7, 11) is 0. The first-order chi connectivity index (χ1) is 7.24. The van der Waals surface area contributed by atoms with Gasteiger partial charge in [0, 0.05) is 23.3 Å². The Morgan fingerprint density at radius 3 is 2.87 bits per heavy atom. The van der Waals surface area contributed by atoms with Crippen molar-refractivity contribution >= 4 is 22.9 Å². The summed E-state index contributed by atoms with van der Waals surface area (Å²) in [5, 5.41) is 6.42. The molecule has 0 saturated heterocycles. The zero-order valence-corrected chi connectivity index (χ0v) is 10.8. The van der Waals surface area contributed by atoms with Gasteiger partial charge >= 0.3 is 0 Å². The van der Waals surface area contributed by atoms with Crippen molar-refractivity contribution in [2.75, 3.05) is 6.54 Å². The Hall–Kier alpha value is -0.0500. The van der Waals surface area contributed by atoms with E-state index in [1.165, 1.54) is 37.1 Å². The van der Waals surface area contributed by atoms with Gasteiger partial charge in [-0.05, 0) is 30.7 Å². The highest BCUT2D eigenvalue weighted by Gasteiger charge is 2.40. The minimum atomic E-state index is 0.649. The first kappa shape index (κ1) is 11.4. The van der Waals surface area contributed by atoms with E-state index in [0.29, 0.717) is 5.41 Å². The van der Waals surface area contributed by atoms with Crippen LogP contribution in [0.2, 0.25) is 5.02 Å². The molecule has 1 saturated carbocycles. The van der Waals surface area contributed by atoms with Gasteiger partial charge in [0.15, 0.2) is 0 Å². The molecule has 15 heavy (non-hydrogen) atoms. The molecule has 0 spiro atoms. The lowest BCUT2D eigenvalue weighted by atomic mass is 10.0. The quantitative estimate of drug-likeness (QED) is 0.794. The summed E-state index contributed by atoms with van der Waals surface area (Å²) < 4.78 is 0. The molecule has 0 atom stereocenters. The fourth-order valence-corrected chi connectivity index (χ4v) is 3.16. The molecule has 1 aliphatic rings. The molecule has 84 valence electrons. The van der Waals surface area contributed by atoms with Crippen molar-refractivity contribution in [3.8, 4) is 0 Å². The highest BCUT2D eigenvalue weighted by atomic mass is 35.5. The SMILES string of the molecule is CCCC1(CNCc2cc(Cl)cs2)CC1. The summed E-state index contributed by atoms with van der Waals surface area (Å²) in [4.78, 5) is 1.34. The van der Waals surface area contributed by atoms with Gasteiger partial charge in [0.25, 0.3) is 0 Å². The zero-order chi connectivity index (χ0) is 10.7. The van der Waals surface area contributed by atoms with Crippen molar-refractivity contribution in [2.24, 2.45) is 5.41 Å². The molecule has 3 heteroatoms. The van der Waals surface area contributed by atoms with Crippen LogP contribution in [0, 0.1) is 5.41 Å². The standard InChI is InChI=1S/C12H18ClNS/c1-2-3-12(4-5-12)9-14-7-11-6-10(13)8-15-11/h6,8,14H,2-5,7,9H2,1H3. The van der Waals surface area contributed by atoms with E-state index >= 15 is 0 Å². The molecule has 1 nitrogen and oxygen atoms in total. The van der Waals surface area contributed by atoms with E-state index in [4.69, 9.17) is 11.6 Å². The number of hydrogen-bond acceptors (Lipinski definition) is 2. The molecule has 0 amide bonds. The number of nitrogens with one attached hydrogen (secondary N) is 1. The van der Waals surface area contributed by atoms with Gasteiger partial charge < -0.3 is 5.32 Å². The van der Waals surface area contributed by atoms with Gasteiger partial charge in [0.2, 0.25) is 0 Å². The monoisotopic (exact) mass is 243 g/mol. The van der Waals surface area contributed by atoms with Gasteiger partial charge in [0.1, 0.15) is 0 Å². The predicted octanol–water partition coefficient (Wildman–Crippen LogP) is 4.07. The minimum absolute atomic E-state index is 0.649. The predicted molar refractivity (Wildman–Crippen MR) is 67.6 cm³/mol. The maximum atomic E-state index is 5.87. The number of thiophene rings is 1. The second-order valence-corrected chi connectivity index (χ2v) is 6.02. The molecule has 1 aromatic rings. The largest absolute Gasteiger partial charge is 0.311 e. The van der Waals surface area contributed by atoms with Crippen molar-refractivity contribution in [1.29, 1.82) is 0 Å². The second kappa shape index (κ2) is 4.86. The first-order valence-electron chi connectivity index (χ1n) is 5.68. The summed E-state index contributed by atoms with van der Waals surface area (Å²) in [6.45, 7) is 4.43. The van der Waals surface area contributed by atoms with Crippen LogP contribution in [0.3, 0.4) is 0 Å². The third-order valence-electron chi connectivity index (χ3n) is 3.16. The lowest BCUT2D eigenvalue weighted by molar-refractivity contribution is 0.422. The molecule has 0 aliphatic heterocycles. The van der Waals surface area contributed by atoms with Gasteiger partial charge in [-0.3, -0.25) is 0 Å². The molecule has 1 heterocycles. The van der Waals surface area contributed by atoms with Crippen LogP contribution in [0.25, 0.3) is 0 Å². The van der Waals surface area contributed by atoms with E-state index in [-0.39, 0.29) is 0 Å². The smallest absolute Gasteiger partial charge is 0.0516 e. The fourth-order valence-electron chi connectivity index (χ4n) is 2.12. The summed E-state index contributed by atoms with van der Waals surface area (Å²) in [5.74, 6) is 0. The topological polar surface area (TPSA) is 12.0 Å². The van der Waals surface area contributed by atoms with Crippen LogP contribution < -0.4 is 5.32 Å². The molecule has 2 rings (SSSR count). The van der Waals surface area contributed by atoms with E-state index in [2.05, 4.69) is 18.3 Å². The Labute approximate surface area is 101 Å². The van der Waals surface area contributed by atoms with Crippen molar-refractivity contribution in [1.82, 2.24) is 5.32 Å². The third-order valence-corrected chi connectivity index (χ3v) is 4.44. The second-order valence-electron chi connectivity index (χ2n) is 4.58. The minimum Gasteiger partial charge on any atom is -0.311 e. The van der Waals surface area contributed by atoms with Crippen molar-refractivity contribution in [3.63, 3.8) is 0 Å². The van der Waals surface area contributed by atoms with E-state index < -0.39 is 0 Å². The van der Waals surface area contributed by atoms with Crippen LogP contribution in [0.5, 0.6) is 0 Å². The highest BCUT2D eigenvalue weighted by molar-refractivity contribution is 7.10. The molecule has 0 unspecified atom stereocenters. The fraction of sp³-hybridized carbons (Fsp3) is 0.667. The summed E-state index contributed by atoms with van der Waals surface area (Å²) in [5.41, 5.74) is 0.649. The lowest BCUT2D eigenvalue weighted by Crippen LogP contribution is -2.23. The molecule has 0 radical (unpaired) electrons. The Morgan fingerprint density at radius 1 is 1.53 bits per heavy atom. The van der Waals surface area contributed by atoms with Crippen LogP contribution in [0.1, 0.15) is 37.5 Å². The average Bonchev–Trinajstić information content (AvgIpc) is 2.83. The Balaban J connectivity index is 1.71. The molecular formula is C12H18ClNS. The van der Waals surface area contributed by atoms with E-state index in [9.17, 15) is 0 Å². The number of rotatable bonds is 6. The zero-order valence-electron chi connectivity index (χ0n) is 9.18. The van der Waals surface area contributed by atoms with Gasteiger partial charge in [-0.2, -0.15) is 0 Å². The highest BCUT2D eigenvalue weighted by Crippen LogP contribution is 2.48. The van der Waals surface area contributed by atoms with Crippen LogP contribution in [-0.2, 0) is 6.54 Å². The molecule has 1 fully saturated rings. The maximum absolute atomic E-state index is 5.87. The average molecular weight is 244 g/mol. The van der Waals surface area contributed by atoms with E-state index in [1.54, 1.807) is 11.3 Å². The molecule has 1 aromatic heterocycles. The van der Waals surface area contributed by atoms with Crippen molar-refractivity contribution in [2.45, 2.75) is 39.2 Å². The molecule has 0 bridgehead atoms. The van der Waals surface area contributed by atoms with Crippen LogP contribution in [0.4, 0.5) is 0 Å². The van der Waals surface area contributed by atoms with E-state index in [0.717, 1.165) is 11.6 Å². The van der Waals surface area contributed by atoms with E-state index in [1.807, 2.05) is 5.38 Å². The van der Waals surface area contributed by atoms with Gasteiger partial charge in [0.05, 0.1) is 5.02 Å². The maximum Gasteiger partial charge on any atom is 0.0516 e. The Bertz CT molecular complexity index is 317. The molecule has 1 N–H and O–H groups in total. The molecular weight excluding hydrogens is 226 g/mol. The third kappa shape index (κ3) is 3.20. The summed E-state index contributed by atoms with van der Waals surface area (Å²) in [6.07, 6.45) is 5.52. The number of hydrogen-bond donors (Lipinski definition) is 1.